The monoisotopic (exact) mass is 384 g/mol. The normalized spacial score (nSPS) is 37.3. The van der Waals surface area contributed by atoms with Crippen LogP contribution in [0.25, 0.3) is 5.65 Å². The quantitative estimate of drug-likeness (QED) is 0.728. The Balaban J connectivity index is 1.68. The third kappa shape index (κ3) is 2.72. The average molecular weight is 384 g/mol. The van der Waals surface area contributed by atoms with E-state index in [1.807, 2.05) is 0 Å². The minimum absolute atomic E-state index is 0.0499. The average Bonchev–Trinajstić information content (AvgIpc) is 3.07. The van der Waals surface area contributed by atoms with Crippen LogP contribution in [0.1, 0.15) is 32.4 Å². The van der Waals surface area contributed by atoms with Crippen LogP contribution in [0.4, 0.5) is 5.95 Å². The van der Waals surface area contributed by atoms with Gasteiger partial charge in [-0.1, -0.05) is 0 Å². The number of nitrogen functional groups attached to an aromatic ring is 1. The molecular weight excluding hydrogens is 363 g/mol. The molecule has 0 saturated carbocycles. The zero-order valence-corrected chi connectivity index (χ0v) is 15.5. The minimum Gasteiger partial charge on any atom is -0.368 e. The highest BCUT2D eigenvalue weighted by molar-refractivity contribution is 7.48. The van der Waals surface area contributed by atoms with E-state index < -0.39 is 31.7 Å². The van der Waals surface area contributed by atoms with E-state index in [1.165, 1.54) is 10.8 Å². The minimum atomic E-state index is -3.71. The highest BCUT2D eigenvalue weighted by Gasteiger charge is 2.59. The zero-order chi connectivity index (χ0) is 18.7. The lowest BCUT2D eigenvalue weighted by atomic mass is 9.87. The SMILES string of the molecule is CC(C)O[P@]1(=O)OC[C@H]2O[C@@H](c3cnn4c(N)ncnc34)[C@](C)(N)[C@@H]2O1. The predicted octanol–water partition coefficient (Wildman–Crippen LogP) is 0.812. The number of phosphoric ester groups is 1. The van der Waals surface area contributed by atoms with Gasteiger partial charge in [-0.25, -0.2) is 14.5 Å². The molecule has 2 aliphatic rings. The van der Waals surface area contributed by atoms with Crippen LogP contribution >= 0.6 is 7.82 Å². The molecule has 2 saturated heterocycles. The molecule has 2 aromatic rings. The summed E-state index contributed by atoms with van der Waals surface area (Å²) in [5.74, 6) is 0.199. The van der Waals surface area contributed by atoms with Crippen LogP contribution < -0.4 is 11.5 Å². The third-order valence-electron chi connectivity index (χ3n) is 4.45. The number of nitrogens with zero attached hydrogens (tertiary/aromatic N) is 4. The second kappa shape index (κ2) is 5.95. The van der Waals surface area contributed by atoms with E-state index in [9.17, 15) is 4.57 Å². The van der Waals surface area contributed by atoms with E-state index in [4.69, 9.17) is 29.8 Å². The number of aromatic nitrogens is 4. The summed E-state index contributed by atoms with van der Waals surface area (Å²) in [7, 11) is -3.71. The first-order valence-electron chi connectivity index (χ1n) is 8.21. The standard InChI is InChI=1S/C14H21N6O5P/c1-7(2)24-26(21)22-5-9-11(25-26)14(3,16)10(23-9)8-4-19-20-12(8)17-6-18-13(20)15/h4,6-7,9-11H,5,16H2,1-3H3,(H2,15,17,18)/t9-,10+,11-,14+,26+/m1/s1. The van der Waals surface area contributed by atoms with E-state index in [2.05, 4.69) is 15.1 Å². The Hall–Kier alpha value is -1.62. The van der Waals surface area contributed by atoms with Crippen molar-refractivity contribution in [2.24, 2.45) is 5.73 Å². The number of fused-ring (bicyclic) bond motifs is 2. The Bertz CT molecular complexity index is 886. The van der Waals surface area contributed by atoms with Crippen molar-refractivity contribution in [2.75, 3.05) is 12.3 Å². The predicted molar refractivity (Wildman–Crippen MR) is 90.1 cm³/mol. The molecule has 0 aliphatic carbocycles. The lowest BCUT2D eigenvalue weighted by molar-refractivity contribution is -0.0629. The summed E-state index contributed by atoms with van der Waals surface area (Å²) >= 11 is 0. The highest BCUT2D eigenvalue weighted by Crippen LogP contribution is 2.59. The first-order valence-corrected chi connectivity index (χ1v) is 9.67. The van der Waals surface area contributed by atoms with Crippen molar-refractivity contribution in [3.63, 3.8) is 0 Å². The molecule has 2 aromatic heterocycles. The van der Waals surface area contributed by atoms with Gasteiger partial charge in [0.2, 0.25) is 5.95 Å². The van der Waals surface area contributed by atoms with Crippen molar-refractivity contribution in [3.05, 3.63) is 18.1 Å². The molecule has 0 unspecified atom stereocenters. The van der Waals surface area contributed by atoms with Crippen molar-refractivity contribution >= 4 is 19.4 Å². The third-order valence-corrected chi connectivity index (χ3v) is 6.08. The van der Waals surface area contributed by atoms with Gasteiger partial charge < -0.3 is 16.2 Å². The lowest BCUT2D eigenvalue weighted by Crippen LogP contribution is -2.53. The molecular formula is C14H21N6O5P. The molecule has 0 aromatic carbocycles. The van der Waals surface area contributed by atoms with Crippen LogP contribution in [0.3, 0.4) is 0 Å². The van der Waals surface area contributed by atoms with Crippen LogP contribution in [0.2, 0.25) is 0 Å². The molecule has 4 rings (SSSR count). The topological polar surface area (TPSA) is 149 Å². The van der Waals surface area contributed by atoms with Crippen LogP contribution in [-0.4, -0.2) is 50.0 Å². The number of hydrogen-bond acceptors (Lipinski definition) is 10. The maximum absolute atomic E-state index is 12.7. The molecule has 0 amide bonds. The lowest BCUT2D eigenvalue weighted by Gasteiger charge is -2.36. The fourth-order valence-corrected chi connectivity index (χ4v) is 5.00. The molecule has 5 atom stereocenters. The molecule has 2 aliphatic heterocycles. The Morgan fingerprint density at radius 2 is 2.23 bits per heavy atom. The summed E-state index contributed by atoms with van der Waals surface area (Å²) in [5.41, 5.74) is 12.5. The first-order chi connectivity index (χ1) is 12.2. The van der Waals surface area contributed by atoms with E-state index >= 15 is 0 Å². The maximum atomic E-state index is 12.7. The van der Waals surface area contributed by atoms with Crippen LogP contribution in [0, 0.1) is 0 Å². The molecule has 142 valence electrons. The second-order valence-corrected chi connectivity index (χ2v) is 8.49. The fourth-order valence-electron chi connectivity index (χ4n) is 3.34. The van der Waals surface area contributed by atoms with E-state index in [-0.39, 0.29) is 18.7 Å². The number of nitrogens with two attached hydrogens (primary N) is 2. The Morgan fingerprint density at radius 3 is 2.96 bits per heavy atom. The van der Waals surface area contributed by atoms with Gasteiger partial charge in [-0.05, 0) is 20.8 Å². The second-order valence-electron chi connectivity index (χ2n) is 6.91. The summed E-state index contributed by atoms with van der Waals surface area (Å²) < 4.78 is 36.5. The van der Waals surface area contributed by atoms with Crippen molar-refractivity contribution in [2.45, 2.75) is 50.7 Å². The van der Waals surface area contributed by atoms with Crippen LogP contribution in [-0.2, 0) is 22.9 Å². The van der Waals surface area contributed by atoms with Crippen molar-refractivity contribution < 1.29 is 22.9 Å². The molecule has 0 spiro atoms. The van der Waals surface area contributed by atoms with E-state index in [1.54, 1.807) is 27.0 Å². The van der Waals surface area contributed by atoms with Gasteiger partial charge in [-0.15, -0.1) is 0 Å². The molecule has 0 bridgehead atoms. The Morgan fingerprint density at radius 1 is 1.46 bits per heavy atom. The largest absolute Gasteiger partial charge is 0.475 e. The summed E-state index contributed by atoms with van der Waals surface area (Å²) in [6.07, 6.45) is 0.813. The molecule has 11 nitrogen and oxygen atoms in total. The number of anilines is 1. The summed E-state index contributed by atoms with van der Waals surface area (Å²) in [6.45, 7) is 5.31. The number of ether oxygens (including phenoxy) is 1. The number of phosphoric acid groups is 1. The fraction of sp³-hybridized carbons (Fsp3) is 0.643. The van der Waals surface area contributed by atoms with Crippen LogP contribution in [0.5, 0.6) is 0 Å². The number of rotatable bonds is 3. The van der Waals surface area contributed by atoms with Gasteiger partial charge in [0.25, 0.3) is 0 Å². The molecule has 12 heteroatoms. The Kier molecular flexibility index (Phi) is 4.07. The van der Waals surface area contributed by atoms with Gasteiger partial charge in [-0.2, -0.15) is 9.61 Å². The highest BCUT2D eigenvalue weighted by atomic mass is 31.2. The molecule has 26 heavy (non-hydrogen) atoms. The van der Waals surface area contributed by atoms with Crippen LogP contribution in [0.15, 0.2) is 12.5 Å². The first kappa shape index (κ1) is 17.8. The van der Waals surface area contributed by atoms with Gasteiger partial charge >= 0.3 is 7.82 Å². The molecule has 4 heterocycles. The van der Waals surface area contributed by atoms with Crippen molar-refractivity contribution in [1.29, 1.82) is 0 Å². The van der Waals surface area contributed by atoms with Gasteiger partial charge in [0.15, 0.2) is 5.65 Å². The van der Waals surface area contributed by atoms with Gasteiger partial charge in [0.1, 0.15) is 24.6 Å². The van der Waals surface area contributed by atoms with Gasteiger partial charge in [0, 0.05) is 5.56 Å². The summed E-state index contributed by atoms with van der Waals surface area (Å²) in [5, 5.41) is 4.19. The van der Waals surface area contributed by atoms with E-state index in [0.29, 0.717) is 11.2 Å². The zero-order valence-electron chi connectivity index (χ0n) is 14.6. The molecule has 2 fully saturated rings. The molecule has 0 radical (unpaired) electrons. The Labute approximate surface area is 149 Å². The summed E-state index contributed by atoms with van der Waals surface area (Å²) in [4.78, 5) is 8.12. The van der Waals surface area contributed by atoms with Gasteiger partial charge in [0.05, 0.1) is 24.4 Å². The van der Waals surface area contributed by atoms with E-state index in [0.717, 1.165) is 0 Å². The number of hydrogen-bond donors (Lipinski definition) is 2. The van der Waals surface area contributed by atoms with Crippen molar-refractivity contribution in [3.8, 4) is 0 Å². The smallest absolute Gasteiger partial charge is 0.368 e. The molecule has 4 N–H and O–H groups in total. The van der Waals surface area contributed by atoms with Crippen molar-refractivity contribution in [1.82, 2.24) is 19.6 Å². The summed E-state index contributed by atoms with van der Waals surface area (Å²) in [6, 6.07) is 0. The van der Waals surface area contributed by atoms with Gasteiger partial charge in [-0.3, -0.25) is 13.6 Å². The maximum Gasteiger partial charge on any atom is 0.475 e.